The second-order valence-electron chi connectivity index (χ2n) is 7.04. The lowest BCUT2D eigenvalue weighted by Gasteiger charge is -2.18. The van der Waals surface area contributed by atoms with Crippen LogP contribution in [-0.2, 0) is 19.2 Å². The third kappa shape index (κ3) is 7.25. The van der Waals surface area contributed by atoms with Crippen molar-refractivity contribution in [2.24, 2.45) is 0 Å². The van der Waals surface area contributed by atoms with Gasteiger partial charge in [-0.15, -0.1) is 0 Å². The maximum Gasteiger partial charge on any atom is 0.250 e. The Labute approximate surface area is 191 Å². The SMILES string of the molecule is O=C1C=CC(=O)N1.O=C1C=CC(=O)N1.c1ccc(C(c2ccccc2)c2ccccc2)cc1. The minimum atomic E-state index is -0.329. The number of hydrogen-bond acceptors (Lipinski definition) is 4. The molecule has 3 aromatic rings. The summed E-state index contributed by atoms with van der Waals surface area (Å²) in [6.07, 6.45) is 4.79. The van der Waals surface area contributed by atoms with E-state index in [0.717, 1.165) is 0 Å². The quantitative estimate of drug-likeness (QED) is 0.485. The highest BCUT2D eigenvalue weighted by atomic mass is 16.2. The molecule has 2 heterocycles. The van der Waals surface area contributed by atoms with Crippen LogP contribution >= 0.6 is 0 Å². The van der Waals surface area contributed by atoms with Gasteiger partial charge in [0.1, 0.15) is 0 Å². The Balaban J connectivity index is 0.000000178. The zero-order valence-corrected chi connectivity index (χ0v) is 17.7. The fourth-order valence-electron chi connectivity index (χ4n) is 3.23. The Bertz CT molecular complexity index is 1010. The van der Waals surface area contributed by atoms with Crippen molar-refractivity contribution in [3.8, 4) is 0 Å². The predicted octanol–water partition coefficient (Wildman–Crippen LogP) is 3.26. The van der Waals surface area contributed by atoms with Crippen molar-refractivity contribution in [3.05, 3.63) is 132 Å². The molecular formula is C27H22N2O4. The Morgan fingerprint density at radius 2 is 0.636 bits per heavy atom. The first-order valence-electron chi connectivity index (χ1n) is 10.2. The maximum atomic E-state index is 10.0. The zero-order valence-electron chi connectivity index (χ0n) is 17.7. The molecule has 0 atom stereocenters. The van der Waals surface area contributed by atoms with Crippen LogP contribution in [0.25, 0.3) is 0 Å². The number of carbonyl (C=O) groups is 4. The molecule has 0 radical (unpaired) electrons. The Hall–Kier alpha value is -4.58. The largest absolute Gasteiger partial charge is 0.289 e. The van der Waals surface area contributed by atoms with Gasteiger partial charge in [-0.05, 0) is 16.7 Å². The fourth-order valence-corrected chi connectivity index (χ4v) is 3.23. The molecule has 2 aliphatic heterocycles. The van der Waals surface area contributed by atoms with Crippen LogP contribution in [0, 0.1) is 0 Å². The van der Waals surface area contributed by atoms with E-state index in [1.807, 2.05) is 10.6 Å². The van der Waals surface area contributed by atoms with Crippen LogP contribution in [-0.4, -0.2) is 23.6 Å². The van der Waals surface area contributed by atoms with Crippen LogP contribution in [0.3, 0.4) is 0 Å². The van der Waals surface area contributed by atoms with Gasteiger partial charge in [0.05, 0.1) is 0 Å². The zero-order chi connectivity index (χ0) is 23.5. The molecule has 0 fully saturated rings. The lowest BCUT2D eigenvalue weighted by Crippen LogP contribution is -2.19. The Morgan fingerprint density at radius 3 is 0.818 bits per heavy atom. The molecule has 33 heavy (non-hydrogen) atoms. The summed E-state index contributed by atoms with van der Waals surface area (Å²) in [7, 11) is 0. The molecule has 0 bridgehead atoms. The van der Waals surface area contributed by atoms with Gasteiger partial charge in [-0.2, -0.15) is 0 Å². The molecule has 6 heteroatoms. The van der Waals surface area contributed by atoms with Gasteiger partial charge in [0.25, 0.3) is 23.6 Å². The highest BCUT2D eigenvalue weighted by molar-refractivity contribution is 6.13. The average Bonchev–Trinajstić information content (AvgIpc) is 3.42. The van der Waals surface area contributed by atoms with Gasteiger partial charge in [-0.3, -0.25) is 29.8 Å². The summed E-state index contributed by atoms with van der Waals surface area (Å²) in [6, 6.07) is 32.0. The average molecular weight is 438 g/mol. The summed E-state index contributed by atoms with van der Waals surface area (Å²) < 4.78 is 0. The van der Waals surface area contributed by atoms with Crippen LogP contribution in [0.5, 0.6) is 0 Å². The molecule has 4 amide bonds. The molecule has 2 N–H and O–H groups in total. The van der Waals surface area contributed by atoms with E-state index in [1.165, 1.54) is 41.0 Å². The van der Waals surface area contributed by atoms with Crippen molar-refractivity contribution in [1.82, 2.24) is 10.6 Å². The number of rotatable bonds is 3. The van der Waals surface area contributed by atoms with Gasteiger partial charge in [-0.25, -0.2) is 0 Å². The molecule has 3 aromatic carbocycles. The standard InChI is InChI=1S/C19H16.2C4H3NO2/c1-4-10-16(11-5-1)19(17-12-6-2-7-13-17)18-14-8-3-9-15-18;2*6-3-1-2-4(7)5-3/h1-15,19H;2*1-2H,(H,5,6,7). The second-order valence-corrected chi connectivity index (χ2v) is 7.04. The molecule has 0 spiro atoms. The molecule has 164 valence electrons. The fraction of sp³-hybridized carbons (Fsp3) is 0.0370. The molecule has 0 saturated carbocycles. The van der Waals surface area contributed by atoms with Crippen LogP contribution < -0.4 is 10.6 Å². The minimum Gasteiger partial charge on any atom is -0.289 e. The number of amides is 4. The molecule has 0 unspecified atom stereocenters. The first-order valence-corrected chi connectivity index (χ1v) is 10.2. The molecule has 6 nitrogen and oxygen atoms in total. The van der Waals surface area contributed by atoms with Crippen molar-refractivity contribution >= 4 is 23.6 Å². The van der Waals surface area contributed by atoms with E-state index >= 15 is 0 Å². The highest BCUT2D eigenvalue weighted by Crippen LogP contribution is 2.31. The van der Waals surface area contributed by atoms with Gasteiger partial charge in [0.15, 0.2) is 0 Å². The van der Waals surface area contributed by atoms with E-state index in [9.17, 15) is 19.2 Å². The van der Waals surface area contributed by atoms with E-state index in [-0.39, 0.29) is 23.6 Å². The van der Waals surface area contributed by atoms with Crippen molar-refractivity contribution in [2.45, 2.75) is 5.92 Å². The molecule has 0 aliphatic carbocycles. The molecule has 5 rings (SSSR count). The van der Waals surface area contributed by atoms with Crippen LogP contribution in [0.4, 0.5) is 0 Å². The Kier molecular flexibility index (Phi) is 8.20. The van der Waals surface area contributed by atoms with E-state index < -0.39 is 0 Å². The molecular weight excluding hydrogens is 416 g/mol. The van der Waals surface area contributed by atoms with Gasteiger partial charge < -0.3 is 0 Å². The number of hydrogen-bond donors (Lipinski definition) is 2. The van der Waals surface area contributed by atoms with Crippen molar-refractivity contribution in [3.63, 3.8) is 0 Å². The third-order valence-corrected chi connectivity index (χ3v) is 4.66. The summed E-state index contributed by atoms with van der Waals surface area (Å²) in [4.78, 5) is 40.1. The van der Waals surface area contributed by atoms with Crippen LogP contribution in [0.15, 0.2) is 115 Å². The minimum absolute atomic E-state index is 0.309. The lowest BCUT2D eigenvalue weighted by molar-refractivity contribution is -0.125. The summed E-state index contributed by atoms with van der Waals surface area (Å²) in [5.41, 5.74) is 4.00. The predicted molar refractivity (Wildman–Crippen MR) is 125 cm³/mol. The normalized spacial score (nSPS) is 13.6. The first kappa shape index (κ1) is 23.1. The topological polar surface area (TPSA) is 92.3 Å². The van der Waals surface area contributed by atoms with Gasteiger partial charge in [0, 0.05) is 30.2 Å². The summed E-state index contributed by atoms with van der Waals surface area (Å²) in [5.74, 6) is -1.01. The third-order valence-electron chi connectivity index (χ3n) is 4.66. The maximum absolute atomic E-state index is 10.0. The van der Waals surface area contributed by atoms with Crippen molar-refractivity contribution < 1.29 is 19.2 Å². The number of carbonyl (C=O) groups excluding carboxylic acids is 4. The lowest BCUT2D eigenvalue weighted by atomic mass is 9.85. The summed E-state index contributed by atoms with van der Waals surface area (Å²) in [6.45, 7) is 0. The Morgan fingerprint density at radius 1 is 0.394 bits per heavy atom. The summed E-state index contributed by atoms with van der Waals surface area (Å²) in [5, 5.41) is 4.06. The highest BCUT2D eigenvalue weighted by Gasteiger charge is 2.15. The van der Waals surface area contributed by atoms with E-state index in [1.54, 1.807) is 0 Å². The smallest absolute Gasteiger partial charge is 0.250 e. The van der Waals surface area contributed by atoms with E-state index in [2.05, 4.69) is 91.0 Å². The second kappa shape index (κ2) is 11.7. The monoisotopic (exact) mass is 438 g/mol. The van der Waals surface area contributed by atoms with Crippen molar-refractivity contribution in [2.75, 3.05) is 0 Å². The van der Waals surface area contributed by atoms with Crippen molar-refractivity contribution in [1.29, 1.82) is 0 Å². The number of imide groups is 2. The van der Waals surface area contributed by atoms with Gasteiger partial charge in [0.2, 0.25) is 0 Å². The van der Waals surface area contributed by atoms with Gasteiger partial charge >= 0.3 is 0 Å². The van der Waals surface area contributed by atoms with Gasteiger partial charge in [-0.1, -0.05) is 91.0 Å². The molecule has 2 aliphatic rings. The van der Waals surface area contributed by atoms with E-state index in [4.69, 9.17) is 0 Å². The summed E-state index contributed by atoms with van der Waals surface area (Å²) >= 11 is 0. The number of benzene rings is 3. The molecule has 0 aromatic heterocycles. The van der Waals surface area contributed by atoms with E-state index in [0.29, 0.717) is 5.92 Å². The molecule has 0 saturated heterocycles. The number of nitrogens with one attached hydrogen (secondary N) is 2. The first-order chi connectivity index (χ1) is 16.0. The van der Waals surface area contributed by atoms with Crippen LogP contribution in [0.2, 0.25) is 0 Å². The van der Waals surface area contributed by atoms with Crippen LogP contribution in [0.1, 0.15) is 22.6 Å².